The van der Waals surface area contributed by atoms with Crippen molar-refractivity contribution >= 4 is 11.7 Å². The van der Waals surface area contributed by atoms with Gasteiger partial charge in [-0.25, -0.2) is 0 Å². The van der Waals surface area contributed by atoms with Gasteiger partial charge in [0.2, 0.25) is 0 Å². The van der Waals surface area contributed by atoms with Gasteiger partial charge in [0.25, 0.3) is 5.91 Å². The van der Waals surface area contributed by atoms with Crippen molar-refractivity contribution < 1.29 is 9.59 Å². The molecule has 2 atom stereocenters. The van der Waals surface area contributed by atoms with Gasteiger partial charge in [-0.1, -0.05) is 61.9 Å². The summed E-state index contributed by atoms with van der Waals surface area (Å²) in [6, 6.07) is 19.4. The maximum Gasteiger partial charge on any atom is 0.254 e. The fraction of sp³-hybridized carbons (Fsp3) is 0.387. The van der Waals surface area contributed by atoms with Crippen LogP contribution < -0.4 is 5.73 Å². The van der Waals surface area contributed by atoms with Gasteiger partial charge in [-0.15, -0.1) is 0 Å². The Morgan fingerprint density at radius 2 is 1.84 bits per heavy atom. The number of fused-ring (bicyclic) bond motifs is 1. The summed E-state index contributed by atoms with van der Waals surface area (Å²) in [7, 11) is 0. The van der Waals surface area contributed by atoms with E-state index in [-0.39, 0.29) is 29.7 Å². The van der Waals surface area contributed by atoms with Crippen LogP contribution in [-0.2, 0) is 13.0 Å². The highest BCUT2D eigenvalue weighted by molar-refractivity contribution is 6.02. The van der Waals surface area contributed by atoms with Gasteiger partial charge in [0.15, 0.2) is 5.78 Å². The molecular weight excluding hydrogens is 460 g/mol. The van der Waals surface area contributed by atoms with Crippen LogP contribution in [0.5, 0.6) is 0 Å². The summed E-state index contributed by atoms with van der Waals surface area (Å²) in [6.07, 6.45) is 4.78. The Kier molecular flexibility index (Phi) is 8.85. The largest absolute Gasteiger partial charge is 0.334 e. The lowest BCUT2D eigenvalue weighted by atomic mass is 9.89. The topological polar surface area (TPSA) is 79.5 Å². The molecule has 0 fully saturated rings. The highest BCUT2D eigenvalue weighted by atomic mass is 16.2. The number of hydrogen-bond donors (Lipinski definition) is 1. The van der Waals surface area contributed by atoms with Gasteiger partial charge in [-0.05, 0) is 61.6 Å². The Balaban J connectivity index is 1.67. The Bertz CT molecular complexity index is 1190. The van der Waals surface area contributed by atoms with Gasteiger partial charge in [0.1, 0.15) is 0 Å². The quantitative estimate of drug-likeness (QED) is 0.445. The van der Waals surface area contributed by atoms with Gasteiger partial charge >= 0.3 is 0 Å². The average molecular weight is 499 g/mol. The van der Waals surface area contributed by atoms with Crippen molar-refractivity contribution in [3.05, 3.63) is 101 Å². The lowest BCUT2D eigenvalue weighted by molar-refractivity contribution is 0.0452. The second kappa shape index (κ2) is 12.3. The predicted octanol–water partition coefficient (Wildman–Crippen LogP) is 4.52. The van der Waals surface area contributed by atoms with Crippen molar-refractivity contribution in [2.24, 2.45) is 11.7 Å². The maximum absolute atomic E-state index is 13.8. The molecule has 1 aromatic heterocycles. The van der Waals surface area contributed by atoms with E-state index in [2.05, 4.69) is 35.9 Å². The molecule has 0 radical (unpaired) electrons. The van der Waals surface area contributed by atoms with Crippen LogP contribution in [0.2, 0.25) is 0 Å². The SMILES string of the molecule is Cc1ccc(C(=O)N(CCCN)C(CN2Cc3ccncc3C(=O)C2Cc2ccccc2)C(C)C)cc1. The Hall–Kier alpha value is -3.35. The number of nitrogens with zero attached hydrogens (tertiary/aromatic N) is 3. The molecular formula is C31H38N4O2. The number of hydrogen-bond acceptors (Lipinski definition) is 5. The molecule has 1 aliphatic heterocycles. The zero-order chi connectivity index (χ0) is 26.4. The normalized spacial score (nSPS) is 16.5. The molecule has 6 heteroatoms. The van der Waals surface area contributed by atoms with Crippen LogP contribution >= 0.6 is 0 Å². The summed E-state index contributed by atoms with van der Waals surface area (Å²) in [5, 5.41) is 0. The lowest BCUT2D eigenvalue weighted by Gasteiger charge is -2.42. The molecule has 6 nitrogen and oxygen atoms in total. The summed E-state index contributed by atoms with van der Waals surface area (Å²) in [5.74, 6) is 0.303. The molecule has 2 unspecified atom stereocenters. The van der Waals surface area contributed by atoms with Crippen LogP contribution in [0.25, 0.3) is 0 Å². The summed E-state index contributed by atoms with van der Waals surface area (Å²) >= 11 is 0. The Morgan fingerprint density at radius 3 is 2.51 bits per heavy atom. The van der Waals surface area contributed by atoms with E-state index < -0.39 is 0 Å². The number of nitrogens with two attached hydrogens (primary N) is 1. The Labute approximate surface area is 220 Å². The third kappa shape index (κ3) is 6.32. The monoisotopic (exact) mass is 498 g/mol. The van der Waals surface area contributed by atoms with Crippen LogP contribution in [0, 0.1) is 12.8 Å². The first-order valence-corrected chi connectivity index (χ1v) is 13.2. The van der Waals surface area contributed by atoms with Crippen LogP contribution in [0.3, 0.4) is 0 Å². The number of pyridine rings is 1. The molecule has 0 aliphatic carbocycles. The van der Waals surface area contributed by atoms with Gasteiger partial charge in [0, 0.05) is 49.2 Å². The van der Waals surface area contributed by atoms with Crippen molar-refractivity contribution in [3.8, 4) is 0 Å². The van der Waals surface area contributed by atoms with Gasteiger partial charge in [-0.2, -0.15) is 0 Å². The third-order valence-electron chi connectivity index (χ3n) is 7.32. The molecule has 2 heterocycles. The number of carbonyl (C=O) groups excluding carboxylic acids is 2. The van der Waals surface area contributed by atoms with E-state index in [4.69, 9.17) is 5.73 Å². The summed E-state index contributed by atoms with van der Waals surface area (Å²) in [4.78, 5) is 36.0. The summed E-state index contributed by atoms with van der Waals surface area (Å²) in [5.41, 5.74) is 10.5. The smallest absolute Gasteiger partial charge is 0.254 e. The average Bonchev–Trinajstić information content (AvgIpc) is 2.91. The number of aryl methyl sites for hydroxylation is 1. The van der Waals surface area contributed by atoms with E-state index in [0.29, 0.717) is 43.7 Å². The molecule has 37 heavy (non-hydrogen) atoms. The summed E-state index contributed by atoms with van der Waals surface area (Å²) in [6.45, 7) is 8.67. The molecule has 2 N–H and O–H groups in total. The van der Waals surface area contributed by atoms with Gasteiger partial charge < -0.3 is 10.6 Å². The van der Waals surface area contributed by atoms with Crippen molar-refractivity contribution in [1.82, 2.24) is 14.8 Å². The van der Waals surface area contributed by atoms with E-state index in [1.54, 1.807) is 12.4 Å². The van der Waals surface area contributed by atoms with Crippen molar-refractivity contribution in [2.75, 3.05) is 19.6 Å². The molecule has 0 spiro atoms. The molecule has 4 rings (SSSR count). The Morgan fingerprint density at radius 1 is 1.11 bits per heavy atom. The predicted molar refractivity (Wildman–Crippen MR) is 147 cm³/mol. The van der Waals surface area contributed by atoms with E-state index in [9.17, 15) is 9.59 Å². The molecule has 0 saturated heterocycles. The molecule has 194 valence electrons. The fourth-order valence-corrected chi connectivity index (χ4v) is 5.16. The number of amides is 1. The number of aromatic nitrogens is 1. The zero-order valence-electron chi connectivity index (χ0n) is 22.1. The minimum Gasteiger partial charge on any atom is -0.334 e. The number of ketones is 1. The van der Waals surface area contributed by atoms with Crippen LogP contribution in [-0.4, -0.2) is 58.2 Å². The minimum atomic E-state index is -0.314. The van der Waals surface area contributed by atoms with E-state index >= 15 is 0 Å². The van der Waals surface area contributed by atoms with E-state index in [1.807, 2.05) is 60.4 Å². The second-order valence-corrected chi connectivity index (χ2v) is 10.4. The number of Topliss-reactive ketones (excluding diaryl/α,β-unsaturated/α-hetero) is 1. The van der Waals surface area contributed by atoms with Gasteiger partial charge in [0.05, 0.1) is 6.04 Å². The molecule has 2 aromatic carbocycles. The highest BCUT2D eigenvalue weighted by Gasteiger charge is 2.37. The molecule has 1 aliphatic rings. The molecule has 0 bridgehead atoms. The second-order valence-electron chi connectivity index (χ2n) is 10.4. The first kappa shape index (κ1) is 26.7. The number of benzene rings is 2. The van der Waals surface area contributed by atoms with Crippen molar-refractivity contribution in [2.45, 2.75) is 52.2 Å². The van der Waals surface area contributed by atoms with E-state index in [1.165, 1.54) is 0 Å². The third-order valence-corrected chi connectivity index (χ3v) is 7.32. The van der Waals surface area contributed by atoms with E-state index in [0.717, 1.165) is 23.1 Å². The van der Waals surface area contributed by atoms with Crippen molar-refractivity contribution in [3.63, 3.8) is 0 Å². The van der Waals surface area contributed by atoms with Crippen molar-refractivity contribution in [1.29, 1.82) is 0 Å². The minimum absolute atomic E-state index is 0.0136. The fourth-order valence-electron chi connectivity index (χ4n) is 5.16. The summed E-state index contributed by atoms with van der Waals surface area (Å²) < 4.78 is 0. The molecule has 3 aromatic rings. The molecule has 0 saturated carbocycles. The van der Waals surface area contributed by atoms with Gasteiger partial charge in [-0.3, -0.25) is 19.5 Å². The van der Waals surface area contributed by atoms with Crippen LogP contribution in [0.4, 0.5) is 0 Å². The van der Waals surface area contributed by atoms with Crippen LogP contribution in [0.15, 0.2) is 73.1 Å². The highest BCUT2D eigenvalue weighted by Crippen LogP contribution is 2.28. The standard InChI is InChI=1S/C31H38N4O2/c1-22(2)29(35(17-7-15-32)31(37)25-12-10-23(3)11-13-25)21-34-20-26-14-16-33-19-27(26)30(36)28(34)18-24-8-5-4-6-9-24/h4-6,8-14,16,19,22,28-29H,7,15,17-18,20-21,32H2,1-3H3. The number of carbonyl (C=O) groups is 2. The lowest BCUT2D eigenvalue weighted by Crippen LogP contribution is -2.55. The first-order valence-electron chi connectivity index (χ1n) is 13.2. The number of rotatable bonds is 10. The molecule has 1 amide bonds. The van der Waals surface area contributed by atoms with Crippen LogP contribution in [0.1, 0.15) is 57.7 Å². The first-order chi connectivity index (χ1) is 17.9. The zero-order valence-corrected chi connectivity index (χ0v) is 22.1. The maximum atomic E-state index is 13.8.